The van der Waals surface area contributed by atoms with E-state index in [-0.39, 0.29) is 29.5 Å². The first-order valence-corrected chi connectivity index (χ1v) is 11.0. The first-order chi connectivity index (χ1) is 14.7. The largest absolute Gasteiger partial charge is 0.378 e. The molecule has 0 radical (unpaired) electrons. The van der Waals surface area contributed by atoms with Crippen LogP contribution < -0.4 is 10.2 Å². The van der Waals surface area contributed by atoms with Crippen LogP contribution in [0.25, 0.3) is 11.3 Å². The van der Waals surface area contributed by atoms with Gasteiger partial charge in [0.1, 0.15) is 6.04 Å². The Morgan fingerprint density at radius 2 is 1.81 bits per heavy atom. The summed E-state index contributed by atoms with van der Waals surface area (Å²) in [5.41, 5.74) is 2.16. The molecular weight excluding hydrogens is 392 g/mol. The number of piperazine rings is 1. The normalized spacial score (nSPS) is 19.1. The Kier molecular flexibility index (Phi) is 7.03. The van der Waals surface area contributed by atoms with Crippen LogP contribution in [-0.2, 0) is 4.79 Å². The number of rotatable bonds is 7. The maximum atomic E-state index is 13.4. The monoisotopic (exact) mass is 426 g/mol. The van der Waals surface area contributed by atoms with Gasteiger partial charge < -0.3 is 19.6 Å². The molecular formula is C24H34N4O3. The van der Waals surface area contributed by atoms with Crippen molar-refractivity contribution in [3.05, 3.63) is 36.0 Å². The van der Waals surface area contributed by atoms with E-state index in [2.05, 4.69) is 38.2 Å². The lowest BCUT2D eigenvalue weighted by Gasteiger charge is -2.40. The minimum Gasteiger partial charge on any atom is -0.378 e. The van der Waals surface area contributed by atoms with E-state index >= 15 is 0 Å². The highest BCUT2D eigenvalue weighted by atomic mass is 16.5. The Balaban J connectivity index is 1.83. The molecule has 2 aromatic rings. The Morgan fingerprint density at radius 3 is 2.39 bits per heavy atom. The molecule has 3 rings (SSSR count). The van der Waals surface area contributed by atoms with Crippen LogP contribution in [0.5, 0.6) is 0 Å². The van der Waals surface area contributed by atoms with Crippen LogP contribution in [0.3, 0.4) is 0 Å². The first-order valence-electron chi connectivity index (χ1n) is 11.0. The molecule has 0 saturated carbocycles. The standard InChI is InChI=1S/C24H34N4O3/c1-15(2)11-18-14-28(21(12-16(3)4)23(29)25-18)24(30)20-13-22(31-26-20)17-7-9-19(10-8-17)27(5)6/h7-10,13,15-16,18,21H,11-12,14H2,1-6H3,(H,25,29). The van der Waals surface area contributed by atoms with Crippen molar-refractivity contribution < 1.29 is 14.1 Å². The SMILES string of the molecule is CC(C)CC1CN(C(=O)c2cc(-c3ccc(N(C)C)cc3)on2)C(CC(C)C)C(=O)N1. The van der Waals surface area contributed by atoms with Crippen LogP contribution in [0.2, 0.25) is 0 Å². The Morgan fingerprint density at radius 1 is 1.16 bits per heavy atom. The number of carbonyl (C=O) groups is 2. The summed E-state index contributed by atoms with van der Waals surface area (Å²) in [5, 5.41) is 7.15. The zero-order chi connectivity index (χ0) is 22.7. The van der Waals surface area contributed by atoms with E-state index in [0.29, 0.717) is 24.6 Å². The Labute approximate surface area is 184 Å². The summed E-state index contributed by atoms with van der Waals surface area (Å²) >= 11 is 0. The molecule has 1 aromatic carbocycles. The number of aromatic nitrogens is 1. The molecule has 1 aromatic heterocycles. The average Bonchev–Trinajstić information content (AvgIpc) is 3.19. The molecule has 168 valence electrons. The van der Waals surface area contributed by atoms with Gasteiger partial charge in [-0.25, -0.2) is 0 Å². The van der Waals surface area contributed by atoms with Crippen molar-refractivity contribution in [3.63, 3.8) is 0 Å². The molecule has 1 fully saturated rings. The summed E-state index contributed by atoms with van der Waals surface area (Å²) in [4.78, 5) is 29.9. The van der Waals surface area contributed by atoms with Gasteiger partial charge in [0.25, 0.3) is 5.91 Å². The molecule has 7 heteroatoms. The summed E-state index contributed by atoms with van der Waals surface area (Å²) in [6.07, 6.45) is 1.44. The number of hydrogen-bond donors (Lipinski definition) is 1. The lowest BCUT2D eigenvalue weighted by Crippen LogP contribution is -2.62. The van der Waals surface area contributed by atoms with Gasteiger partial charge in [0.15, 0.2) is 11.5 Å². The van der Waals surface area contributed by atoms with E-state index in [1.54, 1.807) is 11.0 Å². The van der Waals surface area contributed by atoms with Crippen LogP contribution >= 0.6 is 0 Å². The Hall–Kier alpha value is -2.83. The van der Waals surface area contributed by atoms with Crippen LogP contribution in [0, 0.1) is 11.8 Å². The highest BCUT2D eigenvalue weighted by Crippen LogP contribution is 2.26. The summed E-state index contributed by atoms with van der Waals surface area (Å²) < 4.78 is 5.49. The van der Waals surface area contributed by atoms with Crippen molar-refractivity contribution in [2.45, 2.75) is 52.6 Å². The molecule has 0 aliphatic carbocycles. The fourth-order valence-electron chi connectivity index (χ4n) is 4.04. The molecule has 1 aliphatic rings. The quantitative estimate of drug-likeness (QED) is 0.728. The third kappa shape index (κ3) is 5.46. The number of hydrogen-bond acceptors (Lipinski definition) is 5. The number of benzene rings is 1. The summed E-state index contributed by atoms with van der Waals surface area (Å²) in [6, 6.07) is 8.99. The van der Waals surface area contributed by atoms with Crippen molar-refractivity contribution in [2.75, 3.05) is 25.5 Å². The van der Waals surface area contributed by atoms with Crippen LogP contribution in [0.1, 0.15) is 51.0 Å². The molecule has 1 aliphatic heterocycles. The van der Waals surface area contributed by atoms with Gasteiger partial charge in [-0.15, -0.1) is 0 Å². The van der Waals surface area contributed by atoms with Crippen molar-refractivity contribution in [2.24, 2.45) is 11.8 Å². The van der Waals surface area contributed by atoms with Gasteiger partial charge in [-0.1, -0.05) is 32.9 Å². The highest BCUT2D eigenvalue weighted by molar-refractivity contribution is 5.97. The molecule has 31 heavy (non-hydrogen) atoms. The van der Waals surface area contributed by atoms with E-state index in [9.17, 15) is 9.59 Å². The van der Waals surface area contributed by atoms with Crippen LogP contribution in [0.4, 0.5) is 5.69 Å². The minimum atomic E-state index is -0.490. The van der Waals surface area contributed by atoms with Gasteiger partial charge >= 0.3 is 0 Å². The smallest absolute Gasteiger partial charge is 0.276 e. The van der Waals surface area contributed by atoms with Crippen molar-refractivity contribution in [3.8, 4) is 11.3 Å². The number of nitrogens with one attached hydrogen (secondary N) is 1. The van der Waals surface area contributed by atoms with Crippen LogP contribution in [-0.4, -0.2) is 54.6 Å². The minimum absolute atomic E-state index is 0.0511. The predicted molar refractivity (Wildman–Crippen MR) is 122 cm³/mol. The number of nitrogens with zero attached hydrogens (tertiary/aromatic N) is 3. The summed E-state index contributed by atoms with van der Waals surface area (Å²) in [6.45, 7) is 8.83. The van der Waals surface area contributed by atoms with Crippen molar-refractivity contribution in [1.82, 2.24) is 15.4 Å². The second kappa shape index (κ2) is 9.54. The van der Waals surface area contributed by atoms with Crippen molar-refractivity contribution >= 4 is 17.5 Å². The molecule has 1 saturated heterocycles. The molecule has 2 heterocycles. The van der Waals surface area contributed by atoms with E-state index in [4.69, 9.17) is 4.52 Å². The fourth-order valence-corrected chi connectivity index (χ4v) is 4.04. The fraction of sp³-hybridized carbons (Fsp3) is 0.542. The first kappa shape index (κ1) is 22.8. The maximum Gasteiger partial charge on any atom is 0.276 e. The predicted octanol–water partition coefficient (Wildman–Crippen LogP) is 3.81. The molecule has 0 bridgehead atoms. The van der Waals surface area contributed by atoms with E-state index in [1.165, 1.54) is 0 Å². The number of amides is 2. The van der Waals surface area contributed by atoms with E-state index in [0.717, 1.165) is 17.7 Å². The molecule has 1 N–H and O–H groups in total. The molecule has 2 unspecified atom stereocenters. The molecule has 0 spiro atoms. The number of anilines is 1. The highest BCUT2D eigenvalue weighted by Gasteiger charge is 2.39. The van der Waals surface area contributed by atoms with Gasteiger partial charge in [0, 0.05) is 44.0 Å². The van der Waals surface area contributed by atoms with Gasteiger partial charge in [-0.3, -0.25) is 9.59 Å². The zero-order valence-electron chi connectivity index (χ0n) is 19.4. The lowest BCUT2D eigenvalue weighted by molar-refractivity contribution is -0.130. The van der Waals surface area contributed by atoms with Gasteiger partial charge in [0.2, 0.25) is 5.91 Å². The van der Waals surface area contributed by atoms with E-state index in [1.807, 2.05) is 43.3 Å². The zero-order valence-corrected chi connectivity index (χ0v) is 19.4. The summed E-state index contributed by atoms with van der Waals surface area (Å²) in [7, 11) is 3.96. The third-order valence-corrected chi connectivity index (χ3v) is 5.55. The topological polar surface area (TPSA) is 78.7 Å². The second-order valence-corrected chi connectivity index (χ2v) is 9.46. The van der Waals surface area contributed by atoms with Gasteiger partial charge in [-0.05, 0) is 48.9 Å². The van der Waals surface area contributed by atoms with Crippen molar-refractivity contribution in [1.29, 1.82) is 0 Å². The lowest BCUT2D eigenvalue weighted by atomic mass is 9.94. The Bertz CT molecular complexity index is 902. The number of carbonyl (C=O) groups excluding carboxylic acids is 2. The second-order valence-electron chi connectivity index (χ2n) is 9.46. The van der Waals surface area contributed by atoms with Crippen LogP contribution in [0.15, 0.2) is 34.9 Å². The third-order valence-electron chi connectivity index (χ3n) is 5.55. The maximum absolute atomic E-state index is 13.4. The van der Waals surface area contributed by atoms with E-state index < -0.39 is 6.04 Å². The summed E-state index contributed by atoms with van der Waals surface area (Å²) in [5.74, 6) is 0.911. The molecule has 2 amide bonds. The molecule has 7 nitrogen and oxygen atoms in total. The molecule has 2 atom stereocenters. The van der Waals surface area contributed by atoms with Gasteiger partial charge in [0.05, 0.1) is 0 Å². The average molecular weight is 427 g/mol. The van der Waals surface area contributed by atoms with Gasteiger partial charge in [-0.2, -0.15) is 0 Å².